The Balaban J connectivity index is 1.97. The number of nitrogens with zero attached hydrogens (tertiary/aromatic N) is 1. The van der Waals surface area contributed by atoms with Crippen molar-refractivity contribution in [3.05, 3.63) is 29.8 Å². The standard InChI is InChI=1S/C18H22F3N3O3/c1-17(2,3)24-10-12(8-14(24)25)15(26)23-13-6-4-5-11(7-13)9-22-16(27)18(19,20)21/h4-7,12H,8-10H2,1-3H3,(H,22,27)(H,23,26). The van der Waals surface area contributed by atoms with Gasteiger partial charge in [-0.1, -0.05) is 12.1 Å². The topological polar surface area (TPSA) is 78.5 Å². The first-order chi connectivity index (χ1) is 12.4. The quantitative estimate of drug-likeness (QED) is 0.836. The summed E-state index contributed by atoms with van der Waals surface area (Å²) in [7, 11) is 0. The van der Waals surface area contributed by atoms with Crippen LogP contribution in [0.2, 0.25) is 0 Å². The Bertz CT molecular complexity index is 741. The molecule has 1 fully saturated rings. The maximum Gasteiger partial charge on any atom is 0.471 e. The number of rotatable bonds is 4. The van der Waals surface area contributed by atoms with E-state index in [1.54, 1.807) is 22.3 Å². The highest BCUT2D eigenvalue weighted by Gasteiger charge is 2.39. The summed E-state index contributed by atoms with van der Waals surface area (Å²) in [6.07, 6.45) is -4.83. The molecule has 1 aromatic rings. The Morgan fingerprint density at radius 2 is 1.89 bits per heavy atom. The summed E-state index contributed by atoms with van der Waals surface area (Å²) in [4.78, 5) is 37.0. The van der Waals surface area contributed by atoms with Crippen LogP contribution in [0.3, 0.4) is 0 Å². The molecule has 1 aromatic carbocycles. The van der Waals surface area contributed by atoms with Gasteiger partial charge in [0.05, 0.1) is 5.92 Å². The fourth-order valence-corrected chi connectivity index (χ4v) is 2.82. The zero-order valence-electron chi connectivity index (χ0n) is 15.3. The second-order valence-corrected chi connectivity index (χ2v) is 7.45. The van der Waals surface area contributed by atoms with Gasteiger partial charge in [-0.05, 0) is 38.5 Å². The van der Waals surface area contributed by atoms with Crippen LogP contribution in [-0.2, 0) is 20.9 Å². The molecule has 0 aliphatic carbocycles. The molecule has 0 spiro atoms. The third-order valence-electron chi connectivity index (χ3n) is 4.21. The first-order valence-electron chi connectivity index (χ1n) is 8.43. The van der Waals surface area contributed by atoms with Crippen LogP contribution in [0.4, 0.5) is 18.9 Å². The number of likely N-dealkylation sites (tertiary alicyclic amines) is 1. The molecule has 0 bridgehead atoms. The predicted molar refractivity (Wildman–Crippen MR) is 92.5 cm³/mol. The number of halogens is 3. The van der Waals surface area contributed by atoms with E-state index in [4.69, 9.17) is 0 Å². The molecule has 27 heavy (non-hydrogen) atoms. The Labute approximate surface area is 155 Å². The number of hydrogen-bond donors (Lipinski definition) is 2. The van der Waals surface area contributed by atoms with Crippen molar-refractivity contribution in [2.24, 2.45) is 5.92 Å². The van der Waals surface area contributed by atoms with Gasteiger partial charge in [-0.25, -0.2) is 0 Å². The van der Waals surface area contributed by atoms with Crippen LogP contribution in [0.15, 0.2) is 24.3 Å². The van der Waals surface area contributed by atoms with Crippen molar-refractivity contribution in [1.82, 2.24) is 10.2 Å². The Morgan fingerprint density at radius 3 is 2.44 bits per heavy atom. The zero-order valence-corrected chi connectivity index (χ0v) is 15.3. The zero-order chi connectivity index (χ0) is 20.4. The van der Waals surface area contributed by atoms with E-state index < -0.39 is 18.0 Å². The van der Waals surface area contributed by atoms with E-state index in [0.29, 0.717) is 17.8 Å². The maximum absolute atomic E-state index is 12.4. The van der Waals surface area contributed by atoms with E-state index in [0.717, 1.165) is 0 Å². The summed E-state index contributed by atoms with van der Waals surface area (Å²) >= 11 is 0. The number of alkyl halides is 3. The van der Waals surface area contributed by atoms with E-state index in [9.17, 15) is 27.6 Å². The van der Waals surface area contributed by atoms with Gasteiger partial charge in [0, 0.05) is 30.7 Å². The smallest absolute Gasteiger partial charge is 0.344 e. The summed E-state index contributed by atoms with van der Waals surface area (Å²) in [5.41, 5.74) is 0.424. The van der Waals surface area contributed by atoms with Gasteiger partial charge < -0.3 is 15.5 Å². The molecule has 2 N–H and O–H groups in total. The van der Waals surface area contributed by atoms with Crippen molar-refractivity contribution >= 4 is 23.4 Å². The van der Waals surface area contributed by atoms with Gasteiger partial charge >= 0.3 is 12.1 Å². The second kappa shape index (κ2) is 7.58. The summed E-state index contributed by atoms with van der Waals surface area (Å²) in [5.74, 6) is -2.94. The highest BCUT2D eigenvalue weighted by molar-refractivity contribution is 5.97. The lowest BCUT2D eigenvalue weighted by molar-refractivity contribution is -0.173. The number of benzene rings is 1. The van der Waals surface area contributed by atoms with Crippen LogP contribution in [0, 0.1) is 5.92 Å². The molecule has 1 unspecified atom stereocenters. The normalized spacial score (nSPS) is 17.8. The minimum Gasteiger partial charge on any atom is -0.344 e. The van der Waals surface area contributed by atoms with Gasteiger partial charge in [0.15, 0.2) is 0 Å². The highest BCUT2D eigenvalue weighted by atomic mass is 19.4. The van der Waals surface area contributed by atoms with Gasteiger partial charge in [-0.3, -0.25) is 14.4 Å². The summed E-state index contributed by atoms with van der Waals surface area (Å²) < 4.78 is 36.7. The average Bonchev–Trinajstić information content (AvgIpc) is 2.94. The Kier molecular flexibility index (Phi) is 5.82. The molecule has 6 nitrogen and oxygen atoms in total. The third-order valence-corrected chi connectivity index (χ3v) is 4.21. The lowest BCUT2D eigenvalue weighted by Crippen LogP contribution is -2.42. The molecule has 0 aromatic heterocycles. The van der Waals surface area contributed by atoms with Gasteiger partial charge in [0.2, 0.25) is 11.8 Å². The fraction of sp³-hybridized carbons (Fsp3) is 0.500. The van der Waals surface area contributed by atoms with Crippen LogP contribution < -0.4 is 10.6 Å². The van der Waals surface area contributed by atoms with Gasteiger partial charge in [0.25, 0.3) is 0 Å². The van der Waals surface area contributed by atoms with Crippen molar-refractivity contribution in [2.75, 3.05) is 11.9 Å². The summed E-state index contributed by atoms with van der Waals surface area (Å²) in [6.45, 7) is 5.68. The van der Waals surface area contributed by atoms with Gasteiger partial charge in [-0.2, -0.15) is 13.2 Å². The number of hydrogen-bond acceptors (Lipinski definition) is 3. The molecule has 1 aliphatic heterocycles. The fourth-order valence-electron chi connectivity index (χ4n) is 2.82. The third kappa shape index (κ3) is 5.45. The molecule has 2 rings (SSSR count). The van der Waals surface area contributed by atoms with Crippen LogP contribution in [0.25, 0.3) is 0 Å². The molecular formula is C18H22F3N3O3. The SMILES string of the molecule is CC(C)(C)N1CC(C(=O)Nc2cccc(CNC(=O)C(F)(F)F)c2)CC1=O. The maximum atomic E-state index is 12.4. The van der Waals surface area contributed by atoms with E-state index >= 15 is 0 Å². The molecule has 1 saturated heterocycles. The lowest BCUT2D eigenvalue weighted by Gasteiger charge is -2.31. The monoisotopic (exact) mass is 385 g/mol. The lowest BCUT2D eigenvalue weighted by atomic mass is 10.1. The van der Waals surface area contributed by atoms with Crippen LogP contribution in [0.5, 0.6) is 0 Å². The Morgan fingerprint density at radius 1 is 1.22 bits per heavy atom. The van der Waals surface area contributed by atoms with E-state index in [1.165, 1.54) is 12.1 Å². The van der Waals surface area contributed by atoms with Crippen molar-refractivity contribution in [3.8, 4) is 0 Å². The minimum absolute atomic E-state index is 0.0914. The average molecular weight is 385 g/mol. The first kappa shape index (κ1) is 20.7. The summed E-state index contributed by atoms with van der Waals surface area (Å²) in [6, 6.07) is 6.16. The van der Waals surface area contributed by atoms with Crippen LogP contribution in [-0.4, -0.2) is 40.9 Å². The minimum atomic E-state index is -4.94. The highest BCUT2D eigenvalue weighted by Crippen LogP contribution is 2.26. The molecule has 0 saturated carbocycles. The van der Waals surface area contributed by atoms with E-state index in [-0.39, 0.29) is 30.3 Å². The van der Waals surface area contributed by atoms with E-state index in [1.807, 2.05) is 20.8 Å². The number of nitrogens with one attached hydrogen (secondary N) is 2. The van der Waals surface area contributed by atoms with Crippen LogP contribution in [0.1, 0.15) is 32.8 Å². The van der Waals surface area contributed by atoms with Crippen molar-refractivity contribution in [2.45, 2.75) is 45.5 Å². The summed E-state index contributed by atoms with van der Waals surface area (Å²) in [5, 5.41) is 4.46. The molecule has 1 atom stereocenters. The largest absolute Gasteiger partial charge is 0.471 e. The number of carbonyl (C=O) groups excluding carboxylic acids is 3. The predicted octanol–water partition coefficient (Wildman–Crippen LogP) is 2.45. The molecule has 0 radical (unpaired) electrons. The van der Waals surface area contributed by atoms with Gasteiger partial charge in [-0.15, -0.1) is 0 Å². The van der Waals surface area contributed by atoms with Crippen LogP contribution >= 0.6 is 0 Å². The van der Waals surface area contributed by atoms with E-state index in [2.05, 4.69) is 5.32 Å². The van der Waals surface area contributed by atoms with Crippen molar-refractivity contribution in [1.29, 1.82) is 0 Å². The molecule has 148 valence electrons. The second-order valence-electron chi connectivity index (χ2n) is 7.45. The number of amides is 3. The van der Waals surface area contributed by atoms with Gasteiger partial charge in [0.1, 0.15) is 0 Å². The molecule has 9 heteroatoms. The molecule has 1 aliphatic rings. The number of carbonyl (C=O) groups is 3. The number of anilines is 1. The first-order valence-corrected chi connectivity index (χ1v) is 8.43. The molecule has 3 amide bonds. The van der Waals surface area contributed by atoms with Crippen molar-refractivity contribution < 1.29 is 27.6 Å². The molecule has 1 heterocycles. The molecular weight excluding hydrogens is 363 g/mol. The van der Waals surface area contributed by atoms with Crippen molar-refractivity contribution in [3.63, 3.8) is 0 Å². The Hall–Kier alpha value is -2.58.